The van der Waals surface area contributed by atoms with Crippen LogP contribution in [0.25, 0.3) is 0 Å². The van der Waals surface area contributed by atoms with Crippen LogP contribution in [0.5, 0.6) is 11.6 Å². The van der Waals surface area contributed by atoms with Crippen molar-refractivity contribution >= 4 is 11.6 Å². The van der Waals surface area contributed by atoms with Gasteiger partial charge in [-0.25, -0.2) is 4.98 Å². The van der Waals surface area contributed by atoms with Crippen molar-refractivity contribution in [2.75, 3.05) is 0 Å². The van der Waals surface area contributed by atoms with Gasteiger partial charge in [0.15, 0.2) is 0 Å². The second kappa shape index (κ2) is 5.94. The first kappa shape index (κ1) is 14.4. The van der Waals surface area contributed by atoms with Gasteiger partial charge in [0, 0.05) is 6.20 Å². The molecule has 0 aliphatic heterocycles. The van der Waals surface area contributed by atoms with Crippen molar-refractivity contribution in [1.82, 2.24) is 4.98 Å². The Hall–Kier alpha value is -2.05. The maximum Gasteiger partial charge on any atom is 0.239 e. The maximum absolute atomic E-state index is 8.93. The Morgan fingerprint density at radius 1 is 1.30 bits per heavy atom. The Kier molecular flexibility index (Phi) is 4.26. The minimum absolute atomic E-state index is 0.237. The summed E-state index contributed by atoms with van der Waals surface area (Å²) in [7, 11) is 0. The summed E-state index contributed by atoms with van der Waals surface area (Å²) in [5, 5.41) is 9.17. The monoisotopic (exact) mass is 286 g/mol. The van der Waals surface area contributed by atoms with E-state index in [2.05, 4.69) is 18.8 Å². The van der Waals surface area contributed by atoms with Crippen LogP contribution in [-0.2, 0) is 0 Å². The van der Waals surface area contributed by atoms with E-state index in [-0.39, 0.29) is 10.9 Å². The third-order valence-electron chi connectivity index (χ3n) is 3.06. The van der Waals surface area contributed by atoms with Gasteiger partial charge in [-0.15, -0.1) is 0 Å². The Bertz CT molecular complexity index is 675. The lowest BCUT2D eigenvalue weighted by Crippen LogP contribution is -1.95. The smallest absolute Gasteiger partial charge is 0.239 e. The molecular formula is C16H15ClN2O. The van der Waals surface area contributed by atoms with Gasteiger partial charge in [0.05, 0.1) is 5.56 Å². The van der Waals surface area contributed by atoms with Crippen LogP contribution in [0.4, 0.5) is 0 Å². The van der Waals surface area contributed by atoms with E-state index < -0.39 is 0 Å². The van der Waals surface area contributed by atoms with Crippen molar-refractivity contribution in [3.05, 3.63) is 52.2 Å². The van der Waals surface area contributed by atoms with Crippen LogP contribution in [0, 0.1) is 18.3 Å². The second-order valence-electron chi connectivity index (χ2n) is 4.86. The van der Waals surface area contributed by atoms with Crippen molar-refractivity contribution in [2.24, 2.45) is 0 Å². The lowest BCUT2D eigenvalue weighted by atomic mass is 9.98. The number of benzene rings is 1. The average molecular weight is 287 g/mol. The number of rotatable bonds is 3. The highest BCUT2D eigenvalue weighted by Gasteiger charge is 2.11. The minimum Gasteiger partial charge on any atom is -0.437 e. The third kappa shape index (κ3) is 2.92. The number of aryl methyl sites for hydroxylation is 1. The number of halogens is 1. The summed E-state index contributed by atoms with van der Waals surface area (Å²) in [6.07, 6.45) is 1.51. The summed E-state index contributed by atoms with van der Waals surface area (Å²) >= 11 is 6.07. The van der Waals surface area contributed by atoms with Crippen molar-refractivity contribution in [3.63, 3.8) is 0 Å². The molecule has 0 unspecified atom stereocenters. The molecule has 20 heavy (non-hydrogen) atoms. The molecule has 1 heterocycles. The molecule has 4 heteroatoms. The molecule has 0 aliphatic carbocycles. The molecule has 102 valence electrons. The standard InChI is InChI=1S/C16H15ClN2O/c1-10(2)14-5-4-13(8-11(14)3)20-16-15(17)12(9-18)6-7-19-16/h4-8,10H,1-3H3. The molecule has 2 rings (SSSR count). The van der Waals surface area contributed by atoms with Crippen LogP contribution in [0.15, 0.2) is 30.5 Å². The fourth-order valence-corrected chi connectivity index (χ4v) is 2.25. The van der Waals surface area contributed by atoms with Gasteiger partial charge in [-0.1, -0.05) is 31.5 Å². The van der Waals surface area contributed by atoms with Crippen molar-refractivity contribution < 1.29 is 4.74 Å². The zero-order valence-electron chi connectivity index (χ0n) is 11.6. The number of nitrogens with zero attached hydrogens (tertiary/aromatic N) is 2. The molecule has 3 nitrogen and oxygen atoms in total. The van der Waals surface area contributed by atoms with E-state index in [1.165, 1.54) is 11.8 Å². The average Bonchev–Trinajstić information content (AvgIpc) is 2.41. The lowest BCUT2D eigenvalue weighted by molar-refractivity contribution is 0.462. The summed E-state index contributed by atoms with van der Waals surface area (Å²) < 4.78 is 5.67. The Morgan fingerprint density at radius 2 is 2.05 bits per heavy atom. The van der Waals surface area contributed by atoms with Crippen molar-refractivity contribution in [3.8, 4) is 17.7 Å². The molecule has 1 aromatic heterocycles. The number of ether oxygens (including phenoxy) is 1. The van der Waals surface area contributed by atoms with Crippen LogP contribution in [0.3, 0.4) is 0 Å². The highest BCUT2D eigenvalue weighted by Crippen LogP contribution is 2.31. The highest BCUT2D eigenvalue weighted by molar-refractivity contribution is 6.33. The Morgan fingerprint density at radius 3 is 2.65 bits per heavy atom. The molecule has 0 saturated carbocycles. The quantitative estimate of drug-likeness (QED) is 0.812. The van der Waals surface area contributed by atoms with E-state index in [0.717, 1.165) is 5.56 Å². The zero-order chi connectivity index (χ0) is 14.7. The molecule has 0 amide bonds. The number of aromatic nitrogens is 1. The van der Waals surface area contributed by atoms with Gasteiger partial charge < -0.3 is 4.74 Å². The Labute approximate surface area is 123 Å². The number of pyridine rings is 1. The normalized spacial score (nSPS) is 10.4. The summed E-state index contributed by atoms with van der Waals surface area (Å²) in [5.41, 5.74) is 2.79. The van der Waals surface area contributed by atoms with E-state index in [1.807, 2.05) is 31.2 Å². The molecule has 0 spiro atoms. The number of nitriles is 1. The minimum atomic E-state index is 0.237. The van der Waals surface area contributed by atoms with Crippen LogP contribution in [-0.4, -0.2) is 4.98 Å². The van der Waals surface area contributed by atoms with Gasteiger partial charge in [-0.3, -0.25) is 0 Å². The summed E-state index contributed by atoms with van der Waals surface area (Å²) in [4.78, 5) is 4.06. The highest BCUT2D eigenvalue weighted by atomic mass is 35.5. The van der Waals surface area contributed by atoms with Gasteiger partial charge in [0.25, 0.3) is 0 Å². The molecule has 1 aromatic carbocycles. The fraction of sp³-hybridized carbons (Fsp3) is 0.250. The van der Waals surface area contributed by atoms with Crippen molar-refractivity contribution in [1.29, 1.82) is 5.26 Å². The van der Waals surface area contributed by atoms with Gasteiger partial charge in [0.2, 0.25) is 5.88 Å². The molecule has 0 aliphatic rings. The van der Waals surface area contributed by atoms with Gasteiger partial charge in [-0.2, -0.15) is 5.26 Å². The first-order valence-corrected chi connectivity index (χ1v) is 6.73. The third-order valence-corrected chi connectivity index (χ3v) is 3.42. The molecule has 0 radical (unpaired) electrons. The van der Waals surface area contributed by atoms with E-state index in [9.17, 15) is 0 Å². The van der Waals surface area contributed by atoms with Crippen LogP contribution < -0.4 is 4.74 Å². The number of hydrogen-bond donors (Lipinski definition) is 0. The predicted octanol–water partition coefficient (Wildman–Crippen LogP) is 4.83. The van der Waals surface area contributed by atoms with Gasteiger partial charge >= 0.3 is 0 Å². The topological polar surface area (TPSA) is 45.9 Å². The maximum atomic E-state index is 8.93. The van der Waals surface area contributed by atoms with Crippen molar-refractivity contribution in [2.45, 2.75) is 26.7 Å². The molecule has 0 bridgehead atoms. The summed E-state index contributed by atoms with van der Waals surface area (Å²) in [5.74, 6) is 1.38. The van der Waals surface area contributed by atoms with Crippen LogP contribution in [0.1, 0.15) is 36.5 Å². The van der Waals surface area contributed by atoms with Gasteiger partial charge in [-0.05, 0) is 42.2 Å². The molecular weight excluding hydrogens is 272 g/mol. The van der Waals surface area contributed by atoms with Gasteiger partial charge in [0.1, 0.15) is 16.8 Å². The molecule has 0 saturated heterocycles. The lowest BCUT2D eigenvalue weighted by Gasteiger charge is -2.12. The van der Waals surface area contributed by atoms with E-state index >= 15 is 0 Å². The fourth-order valence-electron chi connectivity index (χ4n) is 2.05. The first-order chi connectivity index (χ1) is 9.52. The number of hydrogen-bond acceptors (Lipinski definition) is 3. The van der Waals surface area contributed by atoms with E-state index in [4.69, 9.17) is 21.6 Å². The zero-order valence-corrected chi connectivity index (χ0v) is 12.4. The second-order valence-corrected chi connectivity index (χ2v) is 5.24. The molecule has 0 N–H and O–H groups in total. The Balaban J connectivity index is 2.32. The van der Waals surface area contributed by atoms with Crippen LogP contribution in [0.2, 0.25) is 5.02 Å². The molecule has 0 atom stereocenters. The SMILES string of the molecule is Cc1cc(Oc2nccc(C#N)c2Cl)ccc1C(C)C. The first-order valence-electron chi connectivity index (χ1n) is 6.36. The molecule has 0 fully saturated rings. The van der Waals surface area contributed by atoms with E-state index in [1.54, 1.807) is 6.07 Å². The largest absolute Gasteiger partial charge is 0.437 e. The van der Waals surface area contributed by atoms with E-state index in [0.29, 0.717) is 17.2 Å². The summed E-state index contributed by atoms with van der Waals surface area (Å²) in [6.45, 7) is 6.35. The van der Waals surface area contributed by atoms with Crippen LogP contribution >= 0.6 is 11.6 Å². The molecule has 2 aromatic rings. The summed E-state index contributed by atoms with van der Waals surface area (Å²) in [6, 6.07) is 9.44. The predicted molar refractivity (Wildman–Crippen MR) is 79.3 cm³/mol.